The Morgan fingerprint density at radius 1 is 1.28 bits per heavy atom. The summed E-state index contributed by atoms with van der Waals surface area (Å²) in [4.78, 5) is 22.9. The highest BCUT2D eigenvalue weighted by Crippen LogP contribution is 2.38. The van der Waals surface area contributed by atoms with Gasteiger partial charge in [-0.25, -0.2) is 13.9 Å². The van der Waals surface area contributed by atoms with Gasteiger partial charge in [0.1, 0.15) is 18.0 Å². The molecular formula is C28H30FN7O3. The van der Waals surface area contributed by atoms with Crippen molar-refractivity contribution in [1.82, 2.24) is 19.6 Å². The first kappa shape index (κ1) is 26.3. The van der Waals surface area contributed by atoms with Gasteiger partial charge in [0.2, 0.25) is 0 Å². The molecule has 1 amide bonds. The number of primary amides is 1. The van der Waals surface area contributed by atoms with Crippen LogP contribution in [0.5, 0.6) is 0 Å². The molecule has 0 aromatic carbocycles. The van der Waals surface area contributed by atoms with E-state index in [2.05, 4.69) is 21.1 Å². The Bertz CT molecular complexity index is 1510. The number of aliphatic hydroxyl groups is 1. The number of pyridine rings is 1. The highest BCUT2D eigenvalue weighted by atomic mass is 19.1. The Morgan fingerprint density at radius 3 is 2.69 bits per heavy atom. The third-order valence-corrected chi connectivity index (χ3v) is 7.46. The van der Waals surface area contributed by atoms with Crippen LogP contribution in [0.1, 0.15) is 67.1 Å². The number of fused-ring (bicyclic) bond motifs is 1. The maximum atomic E-state index is 15.4. The molecule has 0 aliphatic heterocycles. The number of halogens is 1. The molecule has 202 valence electrons. The summed E-state index contributed by atoms with van der Waals surface area (Å²) in [6.07, 6.45) is 7.45. The van der Waals surface area contributed by atoms with Crippen LogP contribution in [-0.4, -0.2) is 55.0 Å². The second-order valence-corrected chi connectivity index (χ2v) is 10.5. The first-order valence-electron chi connectivity index (χ1n) is 12.8. The van der Waals surface area contributed by atoms with Gasteiger partial charge in [0, 0.05) is 18.2 Å². The average Bonchev–Trinajstić information content (AvgIpc) is 3.61. The maximum Gasteiger partial charge on any atom is 0.252 e. The monoisotopic (exact) mass is 531 g/mol. The summed E-state index contributed by atoms with van der Waals surface area (Å²) in [5.74, 6) is 0.358. The molecule has 1 saturated carbocycles. The Kier molecular flexibility index (Phi) is 7.06. The number of nitrogens with two attached hydrogens (primary N) is 1. The fourth-order valence-electron chi connectivity index (χ4n) is 5.21. The summed E-state index contributed by atoms with van der Waals surface area (Å²) in [7, 11) is 0. The number of hydrogen-bond acceptors (Lipinski definition) is 8. The zero-order valence-corrected chi connectivity index (χ0v) is 21.8. The molecule has 4 aromatic heterocycles. The van der Waals surface area contributed by atoms with Crippen LogP contribution in [0.25, 0.3) is 16.9 Å². The van der Waals surface area contributed by atoms with Crippen molar-refractivity contribution < 1.29 is 18.7 Å². The van der Waals surface area contributed by atoms with Crippen LogP contribution in [0, 0.1) is 11.3 Å². The molecule has 0 saturated heterocycles. The largest absolute Gasteiger partial charge is 0.448 e. The lowest BCUT2D eigenvalue weighted by molar-refractivity contribution is -0.000451. The molecule has 39 heavy (non-hydrogen) atoms. The van der Waals surface area contributed by atoms with Gasteiger partial charge in [-0.15, -0.1) is 0 Å². The van der Waals surface area contributed by atoms with Gasteiger partial charge >= 0.3 is 0 Å². The van der Waals surface area contributed by atoms with Gasteiger partial charge in [0.15, 0.2) is 6.39 Å². The zero-order valence-electron chi connectivity index (χ0n) is 21.8. The standard InChI is InChI=1S/C28H30FN7O3/c1-28(2,38)26(29)15-35(19-5-3-18(4-6-19)25-14-32-16-39-25)24-10-22(33-13-21(24)27(31)37)23-8-7-20-9-17(11-30)12-34-36(20)23/h7-10,12-14,16,18-19,26,38H,3-6,15H2,1-2H3,(H2,31,37)/t18?,19?,26-/m1/s1. The number of carbonyl (C=O) groups is 1. The van der Waals surface area contributed by atoms with E-state index in [9.17, 15) is 15.2 Å². The minimum absolute atomic E-state index is 0.113. The fourth-order valence-corrected chi connectivity index (χ4v) is 5.21. The fraction of sp³-hybridized carbons (Fsp3) is 0.393. The van der Waals surface area contributed by atoms with E-state index in [0.717, 1.165) is 18.6 Å². The lowest BCUT2D eigenvalue weighted by Gasteiger charge is -2.40. The minimum atomic E-state index is -1.60. The molecule has 1 atom stereocenters. The molecule has 0 radical (unpaired) electrons. The number of carbonyl (C=O) groups excluding carboxylic acids is 1. The minimum Gasteiger partial charge on any atom is -0.448 e. The van der Waals surface area contributed by atoms with Crippen molar-refractivity contribution in [2.75, 3.05) is 11.4 Å². The number of anilines is 1. The van der Waals surface area contributed by atoms with E-state index in [1.807, 2.05) is 17.0 Å². The number of nitrogens with zero attached hydrogens (tertiary/aromatic N) is 6. The highest BCUT2D eigenvalue weighted by molar-refractivity contribution is 5.99. The third kappa shape index (κ3) is 5.33. The smallest absolute Gasteiger partial charge is 0.252 e. The molecule has 0 spiro atoms. The lowest BCUT2D eigenvalue weighted by atomic mass is 9.83. The van der Waals surface area contributed by atoms with E-state index in [4.69, 9.17) is 10.2 Å². The van der Waals surface area contributed by atoms with Crippen molar-refractivity contribution in [2.24, 2.45) is 5.73 Å². The number of hydrogen-bond donors (Lipinski definition) is 2. The van der Waals surface area contributed by atoms with Crippen LogP contribution >= 0.6 is 0 Å². The van der Waals surface area contributed by atoms with Gasteiger partial charge in [-0.2, -0.15) is 10.4 Å². The molecule has 5 rings (SSSR count). The predicted molar refractivity (Wildman–Crippen MR) is 142 cm³/mol. The Labute approximate surface area is 224 Å². The Balaban J connectivity index is 1.55. The van der Waals surface area contributed by atoms with Crippen molar-refractivity contribution >= 4 is 17.1 Å². The number of aromatic nitrogens is 4. The Hall–Kier alpha value is -4.30. The molecule has 1 aliphatic carbocycles. The lowest BCUT2D eigenvalue weighted by Crippen LogP contribution is -2.48. The van der Waals surface area contributed by atoms with Gasteiger partial charge in [-0.05, 0) is 63.8 Å². The van der Waals surface area contributed by atoms with Crippen molar-refractivity contribution in [3.63, 3.8) is 0 Å². The van der Waals surface area contributed by atoms with Gasteiger partial charge in [0.25, 0.3) is 5.91 Å². The van der Waals surface area contributed by atoms with Gasteiger partial charge in [-0.3, -0.25) is 9.78 Å². The zero-order chi connectivity index (χ0) is 27.7. The number of rotatable bonds is 8. The maximum absolute atomic E-state index is 15.4. The van der Waals surface area contributed by atoms with Crippen molar-refractivity contribution in [3.05, 3.63) is 66.1 Å². The van der Waals surface area contributed by atoms with Crippen LogP contribution < -0.4 is 10.6 Å². The summed E-state index contributed by atoms with van der Waals surface area (Å²) in [5.41, 5.74) is 7.07. The Morgan fingerprint density at radius 2 is 2.05 bits per heavy atom. The van der Waals surface area contributed by atoms with Gasteiger partial charge < -0.3 is 20.2 Å². The topological polar surface area (TPSA) is 147 Å². The van der Waals surface area contributed by atoms with Gasteiger partial charge in [-0.1, -0.05) is 0 Å². The quantitative estimate of drug-likeness (QED) is 0.347. The van der Waals surface area contributed by atoms with Crippen LogP contribution in [0.3, 0.4) is 0 Å². The molecular weight excluding hydrogens is 501 g/mol. The number of nitriles is 1. The first-order valence-corrected chi connectivity index (χ1v) is 12.8. The van der Waals surface area contributed by atoms with Crippen LogP contribution in [0.2, 0.25) is 0 Å². The van der Waals surface area contributed by atoms with Crippen molar-refractivity contribution in [1.29, 1.82) is 5.26 Å². The highest BCUT2D eigenvalue weighted by Gasteiger charge is 2.35. The number of alkyl halides is 1. The third-order valence-electron chi connectivity index (χ3n) is 7.46. The van der Waals surface area contributed by atoms with E-state index in [0.29, 0.717) is 41.0 Å². The SMILES string of the molecule is CC(C)(O)[C@H](F)CN(c1cc(-c2ccc3cc(C#N)cnn23)ncc1C(N)=O)C1CCC(c2cnco2)CC1. The summed E-state index contributed by atoms with van der Waals surface area (Å²) >= 11 is 0. The molecule has 3 N–H and O–H groups in total. The second kappa shape index (κ2) is 10.5. The molecule has 1 fully saturated rings. The number of amides is 1. The summed E-state index contributed by atoms with van der Waals surface area (Å²) in [6, 6.07) is 9.04. The van der Waals surface area contributed by atoms with E-state index in [1.165, 1.54) is 32.6 Å². The van der Waals surface area contributed by atoms with E-state index in [-0.39, 0.29) is 24.1 Å². The van der Waals surface area contributed by atoms with Gasteiger partial charge in [0.05, 0.1) is 58.3 Å². The molecule has 0 unspecified atom stereocenters. The normalized spacial score (nSPS) is 18.5. The van der Waals surface area contributed by atoms with Crippen LogP contribution in [0.15, 0.2) is 53.7 Å². The molecule has 4 heterocycles. The number of oxazole rings is 1. The summed E-state index contributed by atoms with van der Waals surface area (Å²) < 4.78 is 22.6. The summed E-state index contributed by atoms with van der Waals surface area (Å²) in [5, 5.41) is 24.0. The first-order chi connectivity index (χ1) is 18.7. The second-order valence-electron chi connectivity index (χ2n) is 10.5. The molecule has 11 heteroatoms. The predicted octanol–water partition coefficient (Wildman–Crippen LogP) is 4.00. The van der Waals surface area contributed by atoms with Crippen LogP contribution in [-0.2, 0) is 0 Å². The molecule has 4 aromatic rings. The van der Waals surface area contributed by atoms with E-state index < -0.39 is 17.7 Å². The molecule has 10 nitrogen and oxygen atoms in total. The molecule has 0 bridgehead atoms. The van der Waals surface area contributed by atoms with E-state index >= 15 is 4.39 Å². The molecule has 1 aliphatic rings. The summed E-state index contributed by atoms with van der Waals surface area (Å²) in [6.45, 7) is 2.72. The average molecular weight is 532 g/mol. The van der Waals surface area contributed by atoms with Crippen molar-refractivity contribution in [3.8, 4) is 17.5 Å². The van der Waals surface area contributed by atoms with Crippen molar-refractivity contribution in [2.45, 2.75) is 63.3 Å². The van der Waals surface area contributed by atoms with Crippen LogP contribution in [0.4, 0.5) is 10.1 Å². The van der Waals surface area contributed by atoms with E-state index in [1.54, 1.807) is 22.8 Å².